The van der Waals surface area contributed by atoms with E-state index in [2.05, 4.69) is 4.72 Å². The van der Waals surface area contributed by atoms with E-state index in [4.69, 9.17) is 10.5 Å². The zero-order chi connectivity index (χ0) is 12.8. The van der Waals surface area contributed by atoms with Gasteiger partial charge in [-0.15, -0.1) is 0 Å². The minimum atomic E-state index is -3.33. The lowest BCUT2D eigenvalue weighted by Gasteiger charge is -2.21. The Balaban J connectivity index is 4.42. The van der Waals surface area contributed by atoms with Crippen LogP contribution in [0.4, 0.5) is 0 Å². The molecule has 16 heavy (non-hydrogen) atoms. The van der Waals surface area contributed by atoms with Crippen molar-refractivity contribution in [1.82, 2.24) is 4.72 Å². The van der Waals surface area contributed by atoms with E-state index in [0.29, 0.717) is 12.5 Å². The van der Waals surface area contributed by atoms with Gasteiger partial charge in [0.1, 0.15) is 0 Å². The summed E-state index contributed by atoms with van der Waals surface area (Å²) in [5, 5.41) is -0.557. The molecule has 0 rings (SSSR count). The molecule has 0 amide bonds. The minimum Gasteiger partial charge on any atom is -0.383 e. The lowest BCUT2D eigenvalue weighted by Crippen LogP contribution is -2.45. The summed E-state index contributed by atoms with van der Waals surface area (Å²) < 4.78 is 31.1. The third-order valence-corrected chi connectivity index (χ3v) is 4.16. The fourth-order valence-electron chi connectivity index (χ4n) is 1.43. The smallest absolute Gasteiger partial charge is 0.216 e. The molecule has 0 heterocycles. The van der Waals surface area contributed by atoms with Crippen LogP contribution < -0.4 is 10.5 Å². The van der Waals surface area contributed by atoms with E-state index < -0.39 is 15.3 Å². The molecule has 5 nitrogen and oxygen atoms in total. The first-order valence-electron chi connectivity index (χ1n) is 5.53. The van der Waals surface area contributed by atoms with Crippen molar-refractivity contribution < 1.29 is 13.2 Å². The summed E-state index contributed by atoms with van der Waals surface area (Å²) in [6.45, 7) is 6.20. The van der Waals surface area contributed by atoms with Crippen LogP contribution >= 0.6 is 0 Å². The van der Waals surface area contributed by atoms with E-state index in [1.54, 1.807) is 6.92 Å². The minimum absolute atomic E-state index is 0.189. The van der Waals surface area contributed by atoms with Gasteiger partial charge in [-0.1, -0.05) is 13.8 Å². The van der Waals surface area contributed by atoms with Crippen LogP contribution in [0, 0.1) is 5.92 Å². The molecule has 0 aromatic rings. The lowest BCUT2D eigenvalue weighted by atomic mass is 10.1. The Hall–Kier alpha value is -0.170. The van der Waals surface area contributed by atoms with Crippen LogP contribution in [0.25, 0.3) is 0 Å². The first-order chi connectivity index (χ1) is 7.33. The van der Waals surface area contributed by atoms with Gasteiger partial charge >= 0.3 is 0 Å². The molecule has 3 N–H and O–H groups in total. The van der Waals surface area contributed by atoms with Crippen LogP contribution in [-0.2, 0) is 14.8 Å². The van der Waals surface area contributed by atoms with E-state index in [1.165, 1.54) is 7.11 Å². The summed E-state index contributed by atoms with van der Waals surface area (Å²) in [6.07, 6.45) is 0.745. The molecule has 0 aromatic carbocycles. The van der Waals surface area contributed by atoms with Crippen LogP contribution in [0.1, 0.15) is 27.2 Å². The van der Waals surface area contributed by atoms with Gasteiger partial charge in [0.25, 0.3) is 0 Å². The molecule has 0 aliphatic carbocycles. The maximum absolute atomic E-state index is 11.8. The molecule has 0 bridgehead atoms. The first-order valence-corrected chi connectivity index (χ1v) is 7.08. The number of methoxy groups -OCH3 is 1. The molecule has 0 fully saturated rings. The highest BCUT2D eigenvalue weighted by Crippen LogP contribution is 2.07. The molecule has 98 valence electrons. The largest absolute Gasteiger partial charge is 0.383 e. The van der Waals surface area contributed by atoms with Crippen LogP contribution in [-0.4, -0.2) is 40.0 Å². The van der Waals surface area contributed by atoms with Crippen molar-refractivity contribution in [3.8, 4) is 0 Å². The molecular weight excluding hydrogens is 228 g/mol. The second kappa shape index (κ2) is 7.21. The number of sulfonamides is 1. The molecular formula is C10H24N2O3S. The maximum Gasteiger partial charge on any atom is 0.216 e. The van der Waals surface area contributed by atoms with Crippen molar-refractivity contribution >= 4 is 10.0 Å². The first kappa shape index (κ1) is 15.8. The Bertz CT molecular complexity index is 278. The Morgan fingerprint density at radius 3 is 2.25 bits per heavy atom. The summed E-state index contributed by atoms with van der Waals surface area (Å²) >= 11 is 0. The highest BCUT2D eigenvalue weighted by Gasteiger charge is 2.24. The Kier molecular flexibility index (Phi) is 7.14. The van der Waals surface area contributed by atoms with Crippen molar-refractivity contribution in [1.29, 1.82) is 0 Å². The molecule has 0 aliphatic heterocycles. The molecule has 0 aliphatic rings. The van der Waals surface area contributed by atoms with Crippen molar-refractivity contribution in [3.05, 3.63) is 0 Å². The van der Waals surface area contributed by atoms with Crippen molar-refractivity contribution in [2.45, 2.75) is 38.5 Å². The third kappa shape index (κ3) is 5.79. The fraction of sp³-hybridized carbons (Fsp3) is 1.00. The summed E-state index contributed by atoms with van der Waals surface area (Å²) in [7, 11) is -1.85. The molecule has 0 aromatic heterocycles. The quantitative estimate of drug-likeness (QED) is 0.651. The SMILES string of the molecule is COCC(C)S(=O)(=O)NC(CN)CC(C)C. The third-order valence-electron chi connectivity index (χ3n) is 2.30. The van der Waals surface area contributed by atoms with Crippen LogP contribution in [0.5, 0.6) is 0 Å². The summed E-state index contributed by atoms with van der Waals surface area (Å²) in [5.74, 6) is 0.411. The number of rotatable bonds is 8. The van der Waals surface area contributed by atoms with Gasteiger partial charge in [-0.3, -0.25) is 0 Å². The van der Waals surface area contributed by atoms with Gasteiger partial charge in [-0.2, -0.15) is 0 Å². The summed E-state index contributed by atoms with van der Waals surface area (Å²) in [6, 6.07) is -0.190. The summed E-state index contributed by atoms with van der Waals surface area (Å²) in [5.41, 5.74) is 5.54. The van der Waals surface area contributed by atoms with Crippen LogP contribution in [0.3, 0.4) is 0 Å². The highest BCUT2D eigenvalue weighted by atomic mass is 32.2. The number of nitrogens with one attached hydrogen (secondary N) is 1. The molecule has 0 saturated heterocycles. The predicted octanol–water partition coefficient (Wildman–Crippen LogP) is 0.314. The van der Waals surface area contributed by atoms with Gasteiger partial charge in [0, 0.05) is 19.7 Å². The second-order valence-electron chi connectivity index (χ2n) is 4.49. The molecule has 2 atom stereocenters. The Morgan fingerprint density at radius 2 is 1.88 bits per heavy atom. The van der Waals surface area contributed by atoms with E-state index in [9.17, 15) is 8.42 Å². The zero-order valence-electron chi connectivity index (χ0n) is 10.6. The van der Waals surface area contributed by atoms with E-state index >= 15 is 0 Å². The number of hydrogen-bond acceptors (Lipinski definition) is 4. The van der Waals surface area contributed by atoms with E-state index in [1.807, 2.05) is 13.8 Å². The predicted molar refractivity (Wildman–Crippen MR) is 65.7 cm³/mol. The average molecular weight is 252 g/mol. The molecule has 0 radical (unpaired) electrons. The highest BCUT2D eigenvalue weighted by molar-refractivity contribution is 7.90. The number of hydrogen-bond donors (Lipinski definition) is 2. The Morgan fingerprint density at radius 1 is 1.31 bits per heavy atom. The van der Waals surface area contributed by atoms with Crippen molar-refractivity contribution in [3.63, 3.8) is 0 Å². The van der Waals surface area contributed by atoms with Gasteiger partial charge in [-0.25, -0.2) is 13.1 Å². The standard InChI is InChI=1S/C10H24N2O3S/c1-8(2)5-10(6-11)12-16(13,14)9(3)7-15-4/h8-10,12H,5-7,11H2,1-4H3. The monoisotopic (exact) mass is 252 g/mol. The van der Waals surface area contributed by atoms with Crippen LogP contribution in [0.15, 0.2) is 0 Å². The number of nitrogens with two attached hydrogens (primary N) is 1. The Labute approximate surface area is 98.8 Å². The molecule has 0 saturated carbocycles. The normalized spacial score (nSPS) is 16.4. The molecule has 0 spiro atoms. The second-order valence-corrected chi connectivity index (χ2v) is 6.62. The molecule has 6 heteroatoms. The van der Waals surface area contributed by atoms with Gasteiger partial charge in [0.05, 0.1) is 11.9 Å². The van der Waals surface area contributed by atoms with Gasteiger partial charge in [-0.05, 0) is 19.3 Å². The van der Waals surface area contributed by atoms with Gasteiger partial charge in [0.2, 0.25) is 10.0 Å². The van der Waals surface area contributed by atoms with Crippen molar-refractivity contribution in [2.75, 3.05) is 20.3 Å². The summed E-state index contributed by atoms with van der Waals surface area (Å²) in [4.78, 5) is 0. The van der Waals surface area contributed by atoms with Crippen LogP contribution in [0.2, 0.25) is 0 Å². The number of ether oxygens (including phenoxy) is 1. The zero-order valence-corrected chi connectivity index (χ0v) is 11.4. The molecule has 2 unspecified atom stereocenters. The fourth-order valence-corrected chi connectivity index (χ4v) is 2.64. The van der Waals surface area contributed by atoms with E-state index in [0.717, 1.165) is 6.42 Å². The average Bonchev–Trinajstić information content (AvgIpc) is 2.16. The van der Waals surface area contributed by atoms with E-state index in [-0.39, 0.29) is 12.6 Å². The van der Waals surface area contributed by atoms with Gasteiger partial charge in [0.15, 0.2) is 0 Å². The van der Waals surface area contributed by atoms with Gasteiger partial charge < -0.3 is 10.5 Å². The maximum atomic E-state index is 11.8. The van der Waals surface area contributed by atoms with Crippen molar-refractivity contribution in [2.24, 2.45) is 11.7 Å². The topological polar surface area (TPSA) is 81.4 Å². The lowest BCUT2D eigenvalue weighted by molar-refractivity contribution is 0.200.